The molecule has 0 spiro atoms. The van der Waals surface area contributed by atoms with Crippen molar-refractivity contribution in [2.45, 2.75) is 24.8 Å². The van der Waals surface area contributed by atoms with E-state index in [4.69, 9.17) is 9.47 Å². The van der Waals surface area contributed by atoms with Gasteiger partial charge in [0.25, 0.3) is 0 Å². The van der Waals surface area contributed by atoms with Gasteiger partial charge in [0.15, 0.2) is 0 Å². The quantitative estimate of drug-likeness (QED) is 0.558. The summed E-state index contributed by atoms with van der Waals surface area (Å²) in [4.78, 5) is 28.3. The standard InChI is InChI=1S/C25H24N2O5/c1-31-17-12-10-16(26-14-17)11-13-23(24(28)29)27-25(30)32-15-22-20-8-4-2-6-18(20)19-7-3-5-9-21(19)22/h2-10,12,14,22-23H,11,13,15H2,1H3,(H,27,30)(H,28,29)/t23-/m1/s1. The Labute approximate surface area is 186 Å². The number of carbonyl (C=O) groups excluding carboxylic acids is 1. The molecule has 0 saturated carbocycles. The van der Waals surface area contributed by atoms with Crippen LogP contribution in [0.4, 0.5) is 4.79 Å². The van der Waals surface area contributed by atoms with E-state index in [2.05, 4.69) is 22.4 Å². The van der Waals surface area contributed by atoms with E-state index >= 15 is 0 Å². The van der Waals surface area contributed by atoms with Gasteiger partial charge in [0.2, 0.25) is 0 Å². The van der Waals surface area contributed by atoms with Crippen LogP contribution < -0.4 is 10.1 Å². The second kappa shape index (κ2) is 9.51. The minimum Gasteiger partial charge on any atom is -0.495 e. The van der Waals surface area contributed by atoms with Crippen LogP contribution in [0.5, 0.6) is 5.75 Å². The second-order valence-electron chi connectivity index (χ2n) is 7.59. The van der Waals surface area contributed by atoms with E-state index in [1.807, 2.05) is 36.4 Å². The molecule has 32 heavy (non-hydrogen) atoms. The molecule has 2 N–H and O–H groups in total. The molecule has 7 nitrogen and oxygen atoms in total. The molecule has 0 aliphatic heterocycles. The molecule has 1 atom stereocenters. The van der Waals surface area contributed by atoms with Gasteiger partial charge in [-0.2, -0.15) is 0 Å². The fourth-order valence-corrected chi connectivity index (χ4v) is 4.01. The highest BCUT2D eigenvalue weighted by atomic mass is 16.5. The number of benzene rings is 2. The van der Waals surface area contributed by atoms with Crippen molar-refractivity contribution < 1.29 is 24.2 Å². The summed E-state index contributed by atoms with van der Waals surface area (Å²) in [7, 11) is 1.55. The molecule has 0 radical (unpaired) electrons. The fraction of sp³-hybridized carbons (Fsp3) is 0.240. The lowest BCUT2D eigenvalue weighted by atomic mass is 9.98. The zero-order chi connectivity index (χ0) is 22.5. The van der Waals surface area contributed by atoms with Crippen molar-refractivity contribution in [2.24, 2.45) is 0 Å². The number of aliphatic carboxylic acids is 1. The molecule has 1 amide bonds. The summed E-state index contributed by atoms with van der Waals surface area (Å²) in [5.41, 5.74) is 5.18. The molecular weight excluding hydrogens is 408 g/mol. The van der Waals surface area contributed by atoms with Crippen LogP contribution in [0.25, 0.3) is 11.1 Å². The molecule has 0 fully saturated rings. The van der Waals surface area contributed by atoms with Crippen LogP contribution in [0.15, 0.2) is 66.9 Å². The first-order chi connectivity index (χ1) is 15.6. The number of pyridine rings is 1. The predicted molar refractivity (Wildman–Crippen MR) is 119 cm³/mol. The number of aryl methyl sites for hydroxylation is 1. The summed E-state index contributed by atoms with van der Waals surface area (Å²) in [5.74, 6) is -0.577. The number of amides is 1. The summed E-state index contributed by atoms with van der Waals surface area (Å²) in [5, 5.41) is 12.0. The van der Waals surface area contributed by atoms with Gasteiger partial charge < -0.3 is 19.9 Å². The number of carbonyl (C=O) groups is 2. The van der Waals surface area contributed by atoms with E-state index < -0.39 is 18.1 Å². The fourth-order valence-electron chi connectivity index (χ4n) is 4.01. The lowest BCUT2D eigenvalue weighted by molar-refractivity contribution is -0.139. The maximum absolute atomic E-state index is 12.4. The van der Waals surface area contributed by atoms with Crippen LogP contribution in [0.3, 0.4) is 0 Å². The summed E-state index contributed by atoms with van der Waals surface area (Å²) < 4.78 is 10.5. The molecule has 1 aromatic heterocycles. The SMILES string of the molecule is COc1ccc(CC[C@@H](NC(=O)OCC2c3ccccc3-c3ccccc32)C(=O)O)nc1. The van der Waals surface area contributed by atoms with Gasteiger partial charge in [-0.05, 0) is 47.2 Å². The van der Waals surface area contributed by atoms with Crippen molar-refractivity contribution in [2.75, 3.05) is 13.7 Å². The summed E-state index contributed by atoms with van der Waals surface area (Å²) >= 11 is 0. The van der Waals surface area contributed by atoms with Gasteiger partial charge in [0.1, 0.15) is 18.4 Å². The van der Waals surface area contributed by atoms with Gasteiger partial charge in [-0.1, -0.05) is 48.5 Å². The largest absolute Gasteiger partial charge is 0.495 e. The van der Waals surface area contributed by atoms with E-state index in [9.17, 15) is 14.7 Å². The molecule has 0 bridgehead atoms. The molecule has 4 rings (SSSR count). The van der Waals surface area contributed by atoms with Crippen molar-refractivity contribution in [3.63, 3.8) is 0 Å². The number of carboxylic acid groups (broad SMARTS) is 1. The van der Waals surface area contributed by atoms with E-state index in [0.29, 0.717) is 17.9 Å². The van der Waals surface area contributed by atoms with Crippen molar-refractivity contribution in [3.05, 3.63) is 83.7 Å². The highest BCUT2D eigenvalue weighted by Crippen LogP contribution is 2.44. The average molecular weight is 432 g/mol. The van der Waals surface area contributed by atoms with E-state index in [0.717, 1.165) is 22.3 Å². The highest BCUT2D eigenvalue weighted by Gasteiger charge is 2.29. The molecule has 1 aliphatic rings. The maximum atomic E-state index is 12.4. The van der Waals surface area contributed by atoms with Crippen LogP contribution in [0, 0.1) is 0 Å². The van der Waals surface area contributed by atoms with Crippen LogP contribution >= 0.6 is 0 Å². The predicted octanol–water partition coefficient (Wildman–Crippen LogP) is 4.01. The minimum atomic E-state index is -1.12. The van der Waals surface area contributed by atoms with Crippen molar-refractivity contribution in [3.8, 4) is 16.9 Å². The molecule has 0 unspecified atom stereocenters. The lowest BCUT2D eigenvalue weighted by Crippen LogP contribution is -2.41. The Hall–Kier alpha value is -3.87. The summed E-state index contributed by atoms with van der Waals surface area (Å²) in [6.07, 6.45) is 1.41. The molecule has 164 valence electrons. The third-order valence-corrected chi connectivity index (χ3v) is 5.66. The normalized spacial score (nSPS) is 13.0. The maximum Gasteiger partial charge on any atom is 0.407 e. The number of fused-ring (bicyclic) bond motifs is 3. The molecule has 2 aromatic carbocycles. The minimum absolute atomic E-state index is 0.0834. The van der Waals surface area contributed by atoms with Gasteiger partial charge in [0.05, 0.1) is 13.3 Å². The number of methoxy groups -OCH3 is 1. The number of rotatable bonds is 8. The smallest absolute Gasteiger partial charge is 0.407 e. The van der Waals surface area contributed by atoms with E-state index in [1.54, 1.807) is 25.4 Å². The van der Waals surface area contributed by atoms with Gasteiger partial charge in [-0.25, -0.2) is 9.59 Å². The number of carboxylic acids is 1. The monoisotopic (exact) mass is 432 g/mol. The number of alkyl carbamates (subject to hydrolysis) is 1. The molecule has 7 heteroatoms. The van der Waals surface area contributed by atoms with Crippen LogP contribution in [-0.2, 0) is 16.0 Å². The number of ether oxygens (including phenoxy) is 2. The molecule has 1 aliphatic carbocycles. The first-order valence-electron chi connectivity index (χ1n) is 10.4. The Morgan fingerprint density at radius 1 is 1.03 bits per heavy atom. The Bertz CT molecular complexity index is 1070. The number of aromatic nitrogens is 1. The third-order valence-electron chi connectivity index (χ3n) is 5.66. The van der Waals surface area contributed by atoms with E-state index in [-0.39, 0.29) is 18.9 Å². The number of nitrogens with one attached hydrogen (secondary N) is 1. The molecule has 3 aromatic rings. The third kappa shape index (κ3) is 4.56. The topological polar surface area (TPSA) is 97.8 Å². The lowest BCUT2D eigenvalue weighted by Gasteiger charge is -2.17. The number of hydrogen-bond acceptors (Lipinski definition) is 5. The van der Waals surface area contributed by atoms with Crippen LogP contribution in [0.1, 0.15) is 29.2 Å². The van der Waals surface area contributed by atoms with Gasteiger partial charge in [-0.3, -0.25) is 4.98 Å². The van der Waals surface area contributed by atoms with Crippen LogP contribution in [-0.4, -0.2) is 41.9 Å². The number of nitrogens with zero attached hydrogens (tertiary/aromatic N) is 1. The van der Waals surface area contributed by atoms with Gasteiger partial charge in [0, 0.05) is 11.6 Å². The van der Waals surface area contributed by atoms with Crippen molar-refractivity contribution in [1.29, 1.82) is 0 Å². The first-order valence-corrected chi connectivity index (χ1v) is 10.4. The number of hydrogen-bond donors (Lipinski definition) is 2. The van der Waals surface area contributed by atoms with E-state index in [1.165, 1.54) is 0 Å². The average Bonchev–Trinajstić information content (AvgIpc) is 3.14. The summed E-state index contributed by atoms with van der Waals surface area (Å²) in [6, 6.07) is 18.5. The Morgan fingerprint density at radius 2 is 1.69 bits per heavy atom. The zero-order valence-electron chi connectivity index (χ0n) is 17.7. The second-order valence-corrected chi connectivity index (χ2v) is 7.59. The van der Waals surface area contributed by atoms with Gasteiger partial charge >= 0.3 is 12.1 Å². The Balaban J connectivity index is 1.36. The highest BCUT2D eigenvalue weighted by molar-refractivity contribution is 5.81. The molecule has 1 heterocycles. The molecule has 0 saturated heterocycles. The first kappa shape index (κ1) is 21.4. The van der Waals surface area contributed by atoms with Crippen LogP contribution in [0.2, 0.25) is 0 Å². The van der Waals surface area contributed by atoms with Crippen molar-refractivity contribution >= 4 is 12.1 Å². The molecular formula is C25H24N2O5. The summed E-state index contributed by atoms with van der Waals surface area (Å²) in [6.45, 7) is 0.131. The zero-order valence-corrected chi connectivity index (χ0v) is 17.7. The Kier molecular flexibility index (Phi) is 6.35. The van der Waals surface area contributed by atoms with Gasteiger partial charge in [-0.15, -0.1) is 0 Å². The van der Waals surface area contributed by atoms with Crippen molar-refractivity contribution in [1.82, 2.24) is 10.3 Å². The Morgan fingerprint density at radius 3 is 2.25 bits per heavy atom.